The van der Waals surface area contributed by atoms with E-state index in [2.05, 4.69) is 12.2 Å². The summed E-state index contributed by atoms with van der Waals surface area (Å²) in [5.41, 5.74) is 0.692. The molecular weight excluding hydrogens is 146 g/mol. The lowest BCUT2D eigenvalue weighted by Gasteiger charge is -1.98. The van der Waals surface area contributed by atoms with Gasteiger partial charge in [0.05, 0.1) is 6.42 Å². The summed E-state index contributed by atoms with van der Waals surface area (Å²) < 4.78 is 0.822. The molecule has 0 bridgehead atoms. The summed E-state index contributed by atoms with van der Waals surface area (Å²) in [5, 5.41) is 12.4. The number of nitrogens with zero attached hydrogens (tertiary/aromatic N) is 1. The summed E-state index contributed by atoms with van der Waals surface area (Å²) in [4.78, 5) is 0. The van der Waals surface area contributed by atoms with Crippen molar-refractivity contribution in [1.29, 1.82) is 0 Å². The lowest BCUT2D eigenvalue weighted by atomic mass is 10.3. The highest BCUT2D eigenvalue weighted by atomic mass is 32.1. The molecule has 52 valence electrons. The van der Waals surface area contributed by atoms with Gasteiger partial charge < -0.3 is 5.21 Å². The highest BCUT2D eigenvalue weighted by Crippen LogP contribution is 1.89. The SMILES string of the molecule is [O-][n+]1ccccc1CC=S. The van der Waals surface area contributed by atoms with Gasteiger partial charge in [-0.1, -0.05) is 12.2 Å². The second-order valence-electron chi connectivity index (χ2n) is 1.89. The van der Waals surface area contributed by atoms with E-state index in [-0.39, 0.29) is 0 Å². The maximum atomic E-state index is 10.9. The van der Waals surface area contributed by atoms with Crippen molar-refractivity contribution in [2.75, 3.05) is 0 Å². The molecule has 0 aromatic carbocycles. The highest BCUT2D eigenvalue weighted by molar-refractivity contribution is 7.78. The van der Waals surface area contributed by atoms with Gasteiger partial charge in [0.1, 0.15) is 0 Å². The fourth-order valence-electron chi connectivity index (χ4n) is 0.707. The summed E-state index contributed by atoms with van der Waals surface area (Å²) in [6, 6.07) is 5.28. The first kappa shape index (κ1) is 7.15. The molecule has 0 amide bonds. The molecule has 10 heavy (non-hydrogen) atoms. The van der Waals surface area contributed by atoms with Crippen LogP contribution in [0.5, 0.6) is 0 Å². The van der Waals surface area contributed by atoms with Crippen LogP contribution in [-0.2, 0) is 6.42 Å². The van der Waals surface area contributed by atoms with E-state index < -0.39 is 0 Å². The van der Waals surface area contributed by atoms with E-state index in [9.17, 15) is 5.21 Å². The van der Waals surface area contributed by atoms with Crippen LogP contribution in [0.25, 0.3) is 0 Å². The van der Waals surface area contributed by atoms with Gasteiger partial charge in [0.2, 0.25) is 0 Å². The Balaban J connectivity index is 2.91. The zero-order valence-corrected chi connectivity index (χ0v) is 6.17. The first-order chi connectivity index (χ1) is 4.84. The number of aromatic nitrogens is 1. The third kappa shape index (κ3) is 1.51. The molecular formula is C7H7NOS. The number of pyridine rings is 1. The van der Waals surface area contributed by atoms with Crippen molar-refractivity contribution in [2.45, 2.75) is 6.42 Å². The molecule has 0 saturated carbocycles. The zero-order chi connectivity index (χ0) is 7.40. The first-order valence-electron chi connectivity index (χ1n) is 2.95. The van der Waals surface area contributed by atoms with Crippen molar-refractivity contribution < 1.29 is 4.73 Å². The molecule has 1 aromatic heterocycles. The average molecular weight is 153 g/mol. The number of thiocarbonyl (C=S) groups is 1. The van der Waals surface area contributed by atoms with Gasteiger partial charge in [0.15, 0.2) is 11.9 Å². The Kier molecular flexibility index (Phi) is 2.34. The minimum absolute atomic E-state index is 0.555. The second-order valence-corrected chi connectivity index (χ2v) is 2.22. The maximum Gasteiger partial charge on any atom is 0.197 e. The van der Waals surface area contributed by atoms with Gasteiger partial charge in [-0.3, -0.25) is 0 Å². The summed E-state index contributed by atoms with van der Waals surface area (Å²) in [6.07, 6.45) is 2.02. The van der Waals surface area contributed by atoms with E-state index in [1.54, 1.807) is 17.5 Å². The Hall–Kier alpha value is -0.960. The van der Waals surface area contributed by atoms with Crippen LogP contribution in [0.4, 0.5) is 0 Å². The molecule has 0 atom stereocenters. The van der Waals surface area contributed by atoms with Crippen LogP contribution in [0.2, 0.25) is 0 Å². The fraction of sp³-hybridized carbons (Fsp3) is 0.143. The molecule has 0 aliphatic heterocycles. The second kappa shape index (κ2) is 3.27. The van der Waals surface area contributed by atoms with E-state index in [4.69, 9.17) is 0 Å². The van der Waals surface area contributed by atoms with E-state index in [1.807, 2.05) is 6.07 Å². The monoisotopic (exact) mass is 153 g/mol. The van der Waals surface area contributed by atoms with Gasteiger partial charge in [-0.25, -0.2) is 0 Å². The predicted molar refractivity (Wildman–Crippen MR) is 42.8 cm³/mol. The van der Waals surface area contributed by atoms with Crippen LogP contribution in [-0.4, -0.2) is 5.37 Å². The molecule has 2 nitrogen and oxygen atoms in total. The molecule has 0 radical (unpaired) electrons. The Morgan fingerprint density at radius 2 is 2.40 bits per heavy atom. The largest absolute Gasteiger partial charge is 0.618 e. The van der Waals surface area contributed by atoms with Gasteiger partial charge in [-0.05, 0) is 11.4 Å². The van der Waals surface area contributed by atoms with Crippen LogP contribution >= 0.6 is 12.2 Å². The summed E-state index contributed by atoms with van der Waals surface area (Å²) in [5.74, 6) is 0. The van der Waals surface area contributed by atoms with Gasteiger partial charge in [0.25, 0.3) is 0 Å². The van der Waals surface area contributed by atoms with Gasteiger partial charge >= 0.3 is 0 Å². The minimum Gasteiger partial charge on any atom is -0.618 e. The molecule has 0 saturated heterocycles. The Morgan fingerprint density at radius 1 is 1.60 bits per heavy atom. The maximum absolute atomic E-state index is 10.9. The van der Waals surface area contributed by atoms with E-state index in [1.165, 1.54) is 6.20 Å². The first-order valence-corrected chi connectivity index (χ1v) is 3.42. The van der Waals surface area contributed by atoms with Crippen molar-refractivity contribution in [3.8, 4) is 0 Å². The lowest BCUT2D eigenvalue weighted by molar-refractivity contribution is -0.613. The number of hydrogen-bond donors (Lipinski definition) is 0. The molecule has 0 fully saturated rings. The standard InChI is InChI=1S/C7H7NOS/c9-8-5-2-1-3-7(8)4-6-10/h1-3,5-6H,4H2. The van der Waals surface area contributed by atoms with Gasteiger partial charge in [-0.15, -0.1) is 0 Å². The van der Waals surface area contributed by atoms with Crippen LogP contribution < -0.4 is 4.73 Å². The topological polar surface area (TPSA) is 26.9 Å². The Labute approximate surface area is 64.7 Å². The van der Waals surface area contributed by atoms with Crippen molar-refractivity contribution in [1.82, 2.24) is 0 Å². The number of hydrogen-bond acceptors (Lipinski definition) is 2. The zero-order valence-electron chi connectivity index (χ0n) is 5.36. The molecule has 1 aromatic rings. The van der Waals surface area contributed by atoms with E-state index in [0.717, 1.165) is 4.73 Å². The third-order valence-electron chi connectivity index (χ3n) is 1.20. The van der Waals surface area contributed by atoms with Gasteiger partial charge in [0, 0.05) is 12.1 Å². The van der Waals surface area contributed by atoms with Crippen molar-refractivity contribution in [2.24, 2.45) is 0 Å². The highest BCUT2D eigenvalue weighted by Gasteiger charge is 1.98. The third-order valence-corrected chi connectivity index (χ3v) is 1.36. The number of rotatable bonds is 2. The Bertz CT molecular complexity index is 237. The molecule has 3 heteroatoms. The smallest absolute Gasteiger partial charge is 0.197 e. The molecule has 0 aliphatic rings. The summed E-state index contributed by atoms with van der Waals surface area (Å²) >= 11 is 4.62. The van der Waals surface area contributed by atoms with E-state index in [0.29, 0.717) is 12.1 Å². The summed E-state index contributed by atoms with van der Waals surface area (Å²) in [7, 11) is 0. The quantitative estimate of drug-likeness (QED) is 0.358. The normalized spacial score (nSPS) is 9.20. The molecule has 0 spiro atoms. The molecule has 1 heterocycles. The fourth-order valence-corrected chi connectivity index (χ4v) is 0.878. The van der Waals surface area contributed by atoms with Crippen LogP contribution in [0.15, 0.2) is 24.4 Å². The molecule has 0 N–H and O–H groups in total. The van der Waals surface area contributed by atoms with Crippen molar-refractivity contribution in [3.05, 3.63) is 35.3 Å². The molecule has 0 aliphatic carbocycles. The average Bonchev–Trinajstić information content (AvgIpc) is 1.94. The van der Waals surface area contributed by atoms with Crippen LogP contribution in [0.1, 0.15) is 5.69 Å². The van der Waals surface area contributed by atoms with Crippen molar-refractivity contribution in [3.63, 3.8) is 0 Å². The van der Waals surface area contributed by atoms with E-state index >= 15 is 0 Å². The van der Waals surface area contributed by atoms with Gasteiger partial charge in [-0.2, -0.15) is 4.73 Å². The van der Waals surface area contributed by atoms with Crippen LogP contribution in [0, 0.1) is 5.21 Å². The lowest BCUT2D eigenvalue weighted by Crippen LogP contribution is -2.30. The van der Waals surface area contributed by atoms with Crippen LogP contribution in [0.3, 0.4) is 0 Å². The minimum atomic E-state index is 0.555. The summed E-state index contributed by atoms with van der Waals surface area (Å²) in [6.45, 7) is 0. The predicted octanol–water partition coefficient (Wildman–Crippen LogP) is 0.862. The Morgan fingerprint density at radius 3 is 3.00 bits per heavy atom. The van der Waals surface area contributed by atoms with Crippen molar-refractivity contribution >= 4 is 17.6 Å². The molecule has 1 rings (SSSR count). The molecule has 0 unspecified atom stereocenters.